The van der Waals surface area contributed by atoms with Crippen molar-refractivity contribution in [3.8, 4) is 5.75 Å². The third kappa shape index (κ3) is 4.53. The normalized spacial score (nSPS) is 19.6. The molecule has 1 saturated heterocycles. The van der Waals surface area contributed by atoms with Gasteiger partial charge in [0.2, 0.25) is 10.0 Å². The highest BCUT2D eigenvalue weighted by Crippen LogP contribution is 2.33. The largest absolute Gasteiger partial charge is 0.480 e. The highest BCUT2D eigenvalue weighted by molar-refractivity contribution is 7.89. The minimum atomic E-state index is -3.54. The van der Waals surface area contributed by atoms with Gasteiger partial charge < -0.3 is 14.5 Å². The number of sulfonamides is 1. The van der Waals surface area contributed by atoms with E-state index in [0.717, 1.165) is 30.8 Å². The summed E-state index contributed by atoms with van der Waals surface area (Å²) in [6, 6.07) is 14.8. The SMILES string of the molecule is CN(C(=O)C1Cc2cc(S(=O)(=O)N(C)C)ccc2O1)C(CN1CCCC1)c1ccccc1. The summed E-state index contributed by atoms with van der Waals surface area (Å²) in [6.07, 6.45) is 2.09. The number of hydrogen-bond acceptors (Lipinski definition) is 5. The number of ether oxygens (including phenoxy) is 1. The van der Waals surface area contributed by atoms with Crippen LogP contribution < -0.4 is 4.74 Å². The first-order valence-corrected chi connectivity index (χ1v) is 12.5. The Labute approximate surface area is 190 Å². The standard InChI is InChI=1S/C24H31N3O4S/c1-25(2)32(29,30)20-11-12-22-19(15-20)16-23(31-22)24(28)26(3)21(17-27-13-7-8-14-27)18-9-5-4-6-10-18/h4-6,9-12,15,21,23H,7-8,13-14,16-17H2,1-3H3. The van der Waals surface area contributed by atoms with Crippen molar-refractivity contribution in [2.24, 2.45) is 0 Å². The van der Waals surface area contributed by atoms with Crippen LogP contribution in [0.25, 0.3) is 0 Å². The molecule has 0 N–H and O–H groups in total. The van der Waals surface area contributed by atoms with Gasteiger partial charge >= 0.3 is 0 Å². The van der Waals surface area contributed by atoms with Gasteiger partial charge in [-0.1, -0.05) is 30.3 Å². The summed E-state index contributed by atoms with van der Waals surface area (Å²) in [5, 5.41) is 0. The molecule has 1 fully saturated rings. The van der Waals surface area contributed by atoms with Crippen LogP contribution in [0.3, 0.4) is 0 Å². The third-order valence-corrected chi connectivity index (χ3v) is 8.20. The summed E-state index contributed by atoms with van der Waals surface area (Å²) in [5.41, 5.74) is 1.85. The maximum atomic E-state index is 13.4. The molecular weight excluding hydrogens is 426 g/mol. The van der Waals surface area contributed by atoms with E-state index in [1.807, 2.05) is 25.2 Å². The van der Waals surface area contributed by atoms with E-state index in [2.05, 4.69) is 17.0 Å². The highest BCUT2D eigenvalue weighted by Gasteiger charge is 2.35. The Morgan fingerprint density at radius 2 is 1.78 bits per heavy atom. The number of hydrogen-bond donors (Lipinski definition) is 0. The molecule has 32 heavy (non-hydrogen) atoms. The van der Waals surface area contributed by atoms with E-state index < -0.39 is 16.1 Å². The Hall–Kier alpha value is -2.42. The average molecular weight is 458 g/mol. The lowest BCUT2D eigenvalue weighted by Crippen LogP contribution is -2.44. The van der Waals surface area contributed by atoms with E-state index in [9.17, 15) is 13.2 Å². The number of likely N-dealkylation sites (tertiary alicyclic amines) is 1. The average Bonchev–Trinajstić information content (AvgIpc) is 3.46. The van der Waals surface area contributed by atoms with Gasteiger partial charge in [0.25, 0.3) is 5.91 Å². The van der Waals surface area contributed by atoms with Gasteiger partial charge in [-0.2, -0.15) is 0 Å². The van der Waals surface area contributed by atoms with Crippen LogP contribution in [-0.4, -0.2) is 75.3 Å². The van der Waals surface area contributed by atoms with Crippen molar-refractivity contribution in [2.45, 2.75) is 36.3 Å². The number of amides is 1. The molecule has 0 spiro atoms. The van der Waals surface area contributed by atoms with Crippen LogP contribution in [-0.2, 0) is 21.2 Å². The molecule has 8 heteroatoms. The second-order valence-electron chi connectivity index (χ2n) is 8.75. The number of rotatable bonds is 7. The van der Waals surface area contributed by atoms with Gasteiger partial charge in [-0.15, -0.1) is 0 Å². The molecule has 2 atom stereocenters. The zero-order valence-electron chi connectivity index (χ0n) is 18.9. The Morgan fingerprint density at radius 1 is 1.09 bits per heavy atom. The predicted molar refractivity (Wildman–Crippen MR) is 123 cm³/mol. The molecule has 2 heterocycles. The minimum Gasteiger partial charge on any atom is -0.480 e. The first-order chi connectivity index (χ1) is 15.3. The van der Waals surface area contributed by atoms with Crippen molar-refractivity contribution >= 4 is 15.9 Å². The van der Waals surface area contributed by atoms with Crippen LogP contribution in [0.1, 0.15) is 30.0 Å². The maximum absolute atomic E-state index is 13.4. The Kier molecular flexibility index (Phi) is 6.55. The van der Waals surface area contributed by atoms with Crippen LogP contribution in [0.5, 0.6) is 5.75 Å². The van der Waals surface area contributed by atoms with Gasteiger partial charge in [0.1, 0.15) is 5.75 Å². The predicted octanol–water partition coefficient (Wildman–Crippen LogP) is 2.54. The van der Waals surface area contributed by atoms with Crippen LogP contribution in [0.2, 0.25) is 0 Å². The Morgan fingerprint density at radius 3 is 2.44 bits per heavy atom. The molecule has 172 valence electrons. The maximum Gasteiger partial charge on any atom is 0.264 e. The molecule has 0 aromatic heterocycles. The molecule has 0 aliphatic carbocycles. The lowest BCUT2D eigenvalue weighted by Gasteiger charge is -2.33. The number of benzene rings is 2. The number of carbonyl (C=O) groups excluding carboxylic acids is 1. The van der Waals surface area contributed by atoms with Crippen LogP contribution in [0, 0.1) is 0 Å². The van der Waals surface area contributed by atoms with Crippen molar-refractivity contribution < 1.29 is 17.9 Å². The van der Waals surface area contributed by atoms with Crippen LogP contribution in [0.4, 0.5) is 0 Å². The zero-order valence-corrected chi connectivity index (χ0v) is 19.7. The lowest BCUT2D eigenvalue weighted by molar-refractivity contribution is -0.139. The number of carbonyl (C=O) groups is 1. The molecule has 4 rings (SSSR count). The molecule has 2 unspecified atom stereocenters. The van der Waals surface area contributed by atoms with E-state index in [1.165, 1.54) is 37.3 Å². The summed E-state index contributed by atoms with van der Waals surface area (Å²) in [4.78, 5) is 17.9. The van der Waals surface area contributed by atoms with Gasteiger partial charge in [-0.05, 0) is 55.3 Å². The molecular formula is C24H31N3O4S. The van der Waals surface area contributed by atoms with Gasteiger partial charge in [0.15, 0.2) is 6.10 Å². The number of nitrogens with zero attached hydrogens (tertiary/aromatic N) is 3. The van der Waals surface area contributed by atoms with E-state index in [0.29, 0.717) is 12.2 Å². The highest BCUT2D eigenvalue weighted by atomic mass is 32.2. The lowest BCUT2D eigenvalue weighted by atomic mass is 10.0. The topological polar surface area (TPSA) is 70.2 Å². The van der Waals surface area contributed by atoms with Crippen molar-refractivity contribution in [1.29, 1.82) is 0 Å². The molecule has 0 saturated carbocycles. The van der Waals surface area contributed by atoms with E-state index in [-0.39, 0.29) is 16.8 Å². The number of fused-ring (bicyclic) bond motifs is 1. The first-order valence-electron chi connectivity index (χ1n) is 11.0. The molecule has 0 radical (unpaired) electrons. The van der Waals surface area contributed by atoms with E-state index >= 15 is 0 Å². The summed E-state index contributed by atoms with van der Waals surface area (Å²) < 4.78 is 32.1. The smallest absolute Gasteiger partial charge is 0.264 e. The fraction of sp³-hybridized carbons (Fsp3) is 0.458. The van der Waals surface area contributed by atoms with Crippen LogP contribution >= 0.6 is 0 Å². The van der Waals surface area contributed by atoms with E-state index in [1.54, 1.807) is 17.0 Å². The molecule has 0 bridgehead atoms. The molecule has 2 aliphatic heterocycles. The van der Waals surface area contributed by atoms with Gasteiger partial charge in [-0.25, -0.2) is 12.7 Å². The van der Waals surface area contributed by atoms with Crippen molar-refractivity contribution in [3.05, 3.63) is 59.7 Å². The summed E-state index contributed by atoms with van der Waals surface area (Å²) in [5.74, 6) is 0.483. The molecule has 1 amide bonds. The zero-order chi connectivity index (χ0) is 22.9. The molecule has 2 aliphatic rings. The molecule has 2 aromatic rings. The summed E-state index contributed by atoms with van der Waals surface area (Å²) >= 11 is 0. The van der Waals surface area contributed by atoms with Crippen LogP contribution in [0.15, 0.2) is 53.4 Å². The summed E-state index contributed by atoms with van der Waals surface area (Å²) in [6.45, 7) is 2.90. The second kappa shape index (κ2) is 9.21. The van der Waals surface area contributed by atoms with Gasteiger partial charge in [0.05, 0.1) is 10.9 Å². The second-order valence-corrected chi connectivity index (χ2v) is 10.9. The minimum absolute atomic E-state index is 0.0706. The number of likely N-dealkylation sites (N-methyl/N-ethyl adjacent to an activating group) is 1. The van der Waals surface area contributed by atoms with E-state index in [4.69, 9.17) is 4.74 Å². The van der Waals surface area contributed by atoms with Gasteiger partial charge in [0, 0.05) is 34.1 Å². The fourth-order valence-electron chi connectivity index (χ4n) is 4.45. The third-order valence-electron chi connectivity index (χ3n) is 6.39. The fourth-order valence-corrected chi connectivity index (χ4v) is 5.40. The van der Waals surface area contributed by atoms with Crippen molar-refractivity contribution in [3.63, 3.8) is 0 Å². The quantitative estimate of drug-likeness (QED) is 0.639. The summed E-state index contributed by atoms with van der Waals surface area (Å²) in [7, 11) is 1.31. The van der Waals surface area contributed by atoms with Gasteiger partial charge in [-0.3, -0.25) is 4.79 Å². The Bertz CT molecular complexity index is 1070. The molecule has 7 nitrogen and oxygen atoms in total. The van der Waals surface area contributed by atoms with Crippen molar-refractivity contribution in [2.75, 3.05) is 40.8 Å². The molecule has 2 aromatic carbocycles. The first kappa shape index (κ1) is 22.8. The van der Waals surface area contributed by atoms with Crippen molar-refractivity contribution in [1.82, 2.24) is 14.1 Å². The Balaban J connectivity index is 1.53. The monoisotopic (exact) mass is 457 g/mol.